The van der Waals surface area contributed by atoms with E-state index >= 15 is 0 Å². The molecule has 1 aromatic carbocycles. The van der Waals surface area contributed by atoms with Crippen LogP contribution in [-0.2, 0) is 0 Å². The van der Waals surface area contributed by atoms with E-state index in [1.54, 1.807) is 0 Å². The van der Waals surface area contributed by atoms with E-state index in [1.165, 1.54) is 26.8 Å². The van der Waals surface area contributed by atoms with Crippen LogP contribution in [0, 0.1) is 6.92 Å². The summed E-state index contributed by atoms with van der Waals surface area (Å²) in [5, 5.41) is 8.24. The van der Waals surface area contributed by atoms with Gasteiger partial charge < -0.3 is 5.32 Å². The van der Waals surface area contributed by atoms with E-state index in [2.05, 4.69) is 59.9 Å². The molecular weight excluding hydrogens is 264 g/mol. The van der Waals surface area contributed by atoms with Crippen LogP contribution in [0.5, 0.6) is 0 Å². The van der Waals surface area contributed by atoms with E-state index in [-0.39, 0.29) is 6.04 Å². The molecule has 2 nitrogen and oxygen atoms in total. The molecule has 0 amide bonds. The topological polar surface area (TPSA) is 24.9 Å². The van der Waals surface area contributed by atoms with Crippen molar-refractivity contribution in [3.63, 3.8) is 0 Å². The fraction of sp³-hybridized carbons (Fsp3) is 0.235. The van der Waals surface area contributed by atoms with Gasteiger partial charge in [0, 0.05) is 28.2 Å². The zero-order valence-electron chi connectivity index (χ0n) is 11.8. The van der Waals surface area contributed by atoms with Crippen LogP contribution in [0.25, 0.3) is 10.8 Å². The van der Waals surface area contributed by atoms with Gasteiger partial charge in [-0.15, -0.1) is 11.3 Å². The lowest BCUT2D eigenvalue weighted by Crippen LogP contribution is -2.22. The molecule has 0 bridgehead atoms. The zero-order valence-corrected chi connectivity index (χ0v) is 12.6. The quantitative estimate of drug-likeness (QED) is 0.771. The average Bonchev–Trinajstić information content (AvgIpc) is 2.90. The van der Waals surface area contributed by atoms with Crippen molar-refractivity contribution in [1.29, 1.82) is 0 Å². The van der Waals surface area contributed by atoms with Crippen LogP contribution in [0.3, 0.4) is 0 Å². The lowest BCUT2D eigenvalue weighted by atomic mass is 9.99. The Morgan fingerprint density at radius 3 is 2.80 bits per heavy atom. The first-order chi connectivity index (χ1) is 9.81. The third kappa shape index (κ3) is 2.35. The number of aryl methyl sites for hydroxylation is 1. The van der Waals surface area contributed by atoms with Crippen LogP contribution in [0.1, 0.15) is 29.0 Å². The minimum absolute atomic E-state index is 0.221. The number of pyridine rings is 1. The Hall–Kier alpha value is -1.71. The standard InChI is InChI=1S/C17H18N2S/c1-3-19-16(17-12(2)8-9-20-17)15-11-18-10-13-6-4-5-7-14(13)15/h4-11,16,19H,3H2,1-2H3. The van der Waals surface area contributed by atoms with Gasteiger partial charge in [-0.2, -0.15) is 0 Å². The average molecular weight is 282 g/mol. The van der Waals surface area contributed by atoms with Gasteiger partial charge in [-0.3, -0.25) is 4.98 Å². The van der Waals surface area contributed by atoms with Gasteiger partial charge in [0.1, 0.15) is 0 Å². The molecule has 102 valence electrons. The van der Waals surface area contributed by atoms with Crippen LogP contribution in [0.2, 0.25) is 0 Å². The number of nitrogens with one attached hydrogen (secondary N) is 1. The second kappa shape index (κ2) is 5.73. The highest BCUT2D eigenvalue weighted by atomic mass is 32.1. The smallest absolute Gasteiger partial charge is 0.0694 e. The van der Waals surface area contributed by atoms with E-state index in [0.29, 0.717) is 0 Å². The first-order valence-corrected chi connectivity index (χ1v) is 7.79. The maximum absolute atomic E-state index is 4.42. The molecule has 1 N–H and O–H groups in total. The first kappa shape index (κ1) is 13.3. The second-order valence-corrected chi connectivity index (χ2v) is 5.86. The molecule has 2 aromatic heterocycles. The van der Waals surface area contributed by atoms with Crippen molar-refractivity contribution in [2.75, 3.05) is 6.54 Å². The van der Waals surface area contributed by atoms with Gasteiger partial charge in [-0.25, -0.2) is 0 Å². The Bertz CT molecular complexity index is 712. The molecule has 2 heterocycles. The molecule has 20 heavy (non-hydrogen) atoms. The van der Waals surface area contributed by atoms with Crippen LogP contribution >= 0.6 is 11.3 Å². The van der Waals surface area contributed by atoms with Crippen molar-refractivity contribution >= 4 is 22.1 Å². The monoisotopic (exact) mass is 282 g/mol. The molecule has 0 saturated carbocycles. The fourth-order valence-corrected chi connectivity index (χ4v) is 3.62. The summed E-state index contributed by atoms with van der Waals surface area (Å²) in [6, 6.07) is 10.9. The van der Waals surface area contributed by atoms with Crippen molar-refractivity contribution in [3.8, 4) is 0 Å². The first-order valence-electron chi connectivity index (χ1n) is 6.91. The van der Waals surface area contributed by atoms with E-state index < -0.39 is 0 Å². The molecular formula is C17H18N2S. The molecule has 0 radical (unpaired) electrons. The molecule has 0 aliphatic heterocycles. The predicted octanol–water partition coefficient (Wildman–Crippen LogP) is 4.30. The number of benzene rings is 1. The number of fused-ring (bicyclic) bond motifs is 1. The van der Waals surface area contributed by atoms with Crippen molar-refractivity contribution in [3.05, 3.63) is 64.1 Å². The lowest BCUT2D eigenvalue weighted by Gasteiger charge is -2.19. The van der Waals surface area contributed by atoms with Gasteiger partial charge in [-0.05, 0) is 35.9 Å². The van der Waals surface area contributed by atoms with Crippen molar-refractivity contribution < 1.29 is 0 Å². The van der Waals surface area contributed by atoms with Crippen LogP contribution in [-0.4, -0.2) is 11.5 Å². The number of hydrogen-bond acceptors (Lipinski definition) is 3. The summed E-state index contributed by atoms with van der Waals surface area (Å²) >= 11 is 1.81. The number of aromatic nitrogens is 1. The number of nitrogens with zero attached hydrogens (tertiary/aromatic N) is 1. The second-order valence-electron chi connectivity index (χ2n) is 4.91. The Morgan fingerprint density at radius 1 is 1.20 bits per heavy atom. The largest absolute Gasteiger partial charge is 0.306 e. The number of rotatable bonds is 4. The number of hydrogen-bond donors (Lipinski definition) is 1. The van der Waals surface area contributed by atoms with Gasteiger partial charge in [0.2, 0.25) is 0 Å². The summed E-state index contributed by atoms with van der Waals surface area (Å²) < 4.78 is 0. The van der Waals surface area contributed by atoms with Crippen LogP contribution in [0.15, 0.2) is 48.1 Å². The Labute approximate surface area is 123 Å². The molecule has 1 unspecified atom stereocenters. The molecule has 3 aromatic rings. The molecule has 0 fully saturated rings. The van der Waals surface area contributed by atoms with Crippen LogP contribution < -0.4 is 5.32 Å². The summed E-state index contributed by atoms with van der Waals surface area (Å²) in [5.74, 6) is 0. The molecule has 0 aliphatic rings. The SMILES string of the molecule is CCNC(c1sccc1C)c1cncc2ccccc12. The summed E-state index contributed by atoms with van der Waals surface area (Å²) in [4.78, 5) is 5.80. The molecule has 3 heteroatoms. The molecule has 3 rings (SSSR count). The lowest BCUT2D eigenvalue weighted by molar-refractivity contribution is 0.639. The third-order valence-electron chi connectivity index (χ3n) is 3.58. The minimum Gasteiger partial charge on any atom is -0.306 e. The highest BCUT2D eigenvalue weighted by molar-refractivity contribution is 7.10. The van der Waals surface area contributed by atoms with Gasteiger partial charge in [-0.1, -0.05) is 31.2 Å². The summed E-state index contributed by atoms with van der Waals surface area (Å²) in [6.45, 7) is 5.26. The Balaban J connectivity index is 2.17. The predicted molar refractivity (Wildman–Crippen MR) is 86.3 cm³/mol. The normalized spacial score (nSPS) is 12.7. The van der Waals surface area contributed by atoms with Gasteiger partial charge in [0.25, 0.3) is 0 Å². The zero-order chi connectivity index (χ0) is 13.9. The van der Waals surface area contributed by atoms with E-state index in [4.69, 9.17) is 0 Å². The van der Waals surface area contributed by atoms with Gasteiger partial charge >= 0.3 is 0 Å². The van der Waals surface area contributed by atoms with E-state index in [1.807, 2.05) is 23.7 Å². The van der Waals surface area contributed by atoms with E-state index in [9.17, 15) is 0 Å². The molecule has 0 saturated heterocycles. The van der Waals surface area contributed by atoms with E-state index in [0.717, 1.165) is 6.54 Å². The fourth-order valence-electron chi connectivity index (χ4n) is 2.60. The summed E-state index contributed by atoms with van der Waals surface area (Å²) in [7, 11) is 0. The minimum atomic E-state index is 0.221. The summed E-state index contributed by atoms with van der Waals surface area (Å²) in [6.07, 6.45) is 3.93. The maximum Gasteiger partial charge on any atom is 0.0694 e. The maximum atomic E-state index is 4.42. The molecule has 0 spiro atoms. The summed E-state index contributed by atoms with van der Waals surface area (Å²) in [5.41, 5.74) is 2.60. The van der Waals surface area contributed by atoms with Gasteiger partial charge in [0.15, 0.2) is 0 Å². The third-order valence-corrected chi connectivity index (χ3v) is 4.67. The molecule has 0 aliphatic carbocycles. The van der Waals surface area contributed by atoms with Crippen molar-refractivity contribution in [2.45, 2.75) is 19.9 Å². The molecule has 1 atom stereocenters. The highest BCUT2D eigenvalue weighted by Gasteiger charge is 2.18. The van der Waals surface area contributed by atoms with Crippen molar-refractivity contribution in [2.24, 2.45) is 0 Å². The number of thiophene rings is 1. The van der Waals surface area contributed by atoms with Crippen LogP contribution in [0.4, 0.5) is 0 Å². The Morgan fingerprint density at radius 2 is 2.05 bits per heavy atom. The highest BCUT2D eigenvalue weighted by Crippen LogP contribution is 2.32. The van der Waals surface area contributed by atoms with Crippen molar-refractivity contribution in [1.82, 2.24) is 10.3 Å². The van der Waals surface area contributed by atoms with Gasteiger partial charge in [0.05, 0.1) is 6.04 Å². The Kier molecular flexibility index (Phi) is 3.81.